The second-order valence-corrected chi connectivity index (χ2v) is 6.76. The molecular formula is C19H21N3OS. The Bertz CT molecular complexity index is 778. The minimum Gasteiger partial charge on any atom is -0.355 e. The van der Waals surface area contributed by atoms with Crippen LogP contribution in [0.15, 0.2) is 48.5 Å². The summed E-state index contributed by atoms with van der Waals surface area (Å²) in [5.74, 6) is 2.32. The Kier molecular flexibility index (Phi) is 5.54. The first-order valence-electron chi connectivity index (χ1n) is 8.04. The van der Waals surface area contributed by atoms with Crippen LogP contribution < -0.4 is 5.32 Å². The van der Waals surface area contributed by atoms with Crippen molar-refractivity contribution in [1.29, 1.82) is 0 Å². The first-order chi connectivity index (χ1) is 11.7. The molecule has 0 radical (unpaired) electrons. The predicted octanol–water partition coefficient (Wildman–Crippen LogP) is 3.46. The van der Waals surface area contributed by atoms with E-state index < -0.39 is 0 Å². The van der Waals surface area contributed by atoms with Gasteiger partial charge in [-0.15, -0.1) is 11.8 Å². The predicted molar refractivity (Wildman–Crippen MR) is 100 cm³/mol. The smallest absolute Gasteiger partial charge is 0.230 e. The summed E-state index contributed by atoms with van der Waals surface area (Å²) in [5.41, 5.74) is 4.51. The van der Waals surface area contributed by atoms with Crippen LogP contribution in [0, 0.1) is 6.92 Å². The highest BCUT2D eigenvalue weighted by atomic mass is 32.2. The Morgan fingerprint density at radius 1 is 1.17 bits per heavy atom. The lowest BCUT2D eigenvalue weighted by atomic mass is 10.2. The van der Waals surface area contributed by atoms with E-state index in [0.29, 0.717) is 18.7 Å². The zero-order valence-corrected chi connectivity index (χ0v) is 14.5. The van der Waals surface area contributed by atoms with E-state index in [4.69, 9.17) is 0 Å². The normalized spacial score (nSPS) is 10.9. The number of imidazole rings is 1. The average Bonchev–Trinajstić information content (AvgIpc) is 2.99. The molecule has 124 valence electrons. The number of rotatable bonds is 7. The third kappa shape index (κ3) is 4.61. The number of nitrogens with one attached hydrogen (secondary N) is 2. The van der Waals surface area contributed by atoms with E-state index in [-0.39, 0.29) is 5.91 Å². The molecule has 4 nitrogen and oxygen atoms in total. The highest BCUT2D eigenvalue weighted by Crippen LogP contribution is 2.13. The van der Waals surface area contributed by atoms with Gasteiger partial charge in [-0.3, -0.25) is 4.79 Å². The molecule has 2 aromatic carbocycles. The third-order valence-corrected chi connectivity index (χ3v) is 4.75. The van der Waals surface area contributed by atoms with E-state index in [1.807, 2.05) is 24.3 Å². The summed E-state index contributed by atoms with van der Waals surface area (Å²) < 4.78 is 0. The highest BCUT2D eigenvalue weighted by Gasteiger charge is 2.04. The van der Waals surface area contributed by atoms with E-state index in [1.54, 1.807) is 11.8 Å². The molecule has 0 fully saturated rings. The monoisotopic (exact) mass is 339 g/mol. The molecule has 0 saturated heterocycles. The molecule has 1 amide bonds. The number of H-pyrrole nitrogens is 1. The van der Waals surface area contributed by atoms with Crippen LogP contribution in [0.3, 0.4) is 0 Å². The molecule has 5 heteroatoms. The van der Waals surface area contributed by atoms with Crippen molar-refractivity contribution in [2.45, 2.75) is 19.1 Å². The van der Waals surface area contributed by atoms with Gasteiger partial charge in [-0.05, 0) is 24.6 Å². The number of aromatic amines is 1. The molecule has 0 aliphatic heterocycles. The van der Waals surface area contributed by atoms with Crippen molar-refractivity contribution in [3.8, 4) is 0 Å². The maximum Gasteiger partial charge on any atom is 0.230 e. The lowest BCUT2D eigenvalue weighted by Gasteiger charge is -2.04. The SMILES string of the molecule is Cc1ccc(CSCC(=O)NCCc2nc3ccccc3[nH]2)cc1. The van der Waals surface area contributed by atoms with Gasteiger partial charge in [0.2, 0.25) is 5.91 Å². The summed E-state index contributed by atoms with van der Waals surface area (Å²) in [6.07, 6.45) is 0.711. The van der Waals surface area contributed by atoms with Crippen LogP contribution in [0.25, 0.3) is 11.0 Å². The van der Waals surface area contributed by atoms with Gasteiger partial charge in [0.05, 0.1) is 16.8 Å². The van der Waals surface area contributed by atoms with Crippen LogP contribution in [0.4, 0.5) is 0 Å². The van der Waals surface area contributed by atoms with E-state index in [2.05, 4.69) is 46.5 Å². The highest BCUT2D eigenvalue weighted by molar-refractivity contribution is 7.99. The van der Waals surface area contributed by atoms with E-state index in [9.17, 15) is 4.79 Å². The standard InChI is InChI=1S/C19H21N3OS/c1-14-6-8-15(9-7-14)12-24-13-19(23)20-11-10-18-21-16-4-2-3-5-17(16)22-18/h2-9H,10-13H2,1H3,(H,20,23)(H,21,22). The Hall–Kier alpha value is -2.27. The summed E-state index contributed by atoms with van der Waals surface area (Å²) in [5, 5.41) is 2.95. The second-order valence-electron chi connectivity index (χ2n) is 5.78. The first-order valence-corrected chi connectivity index (χ1v) is 9.20. The molecule has 0 aliphatic carbocycles. The van der Waals surface area contributed by atoms with Crippen molar-refractivity contribution < 1.29 is 4.79 Å². The molecule has 3 aromatic rings. The lowest BCUT2D eigenvalue weighted by molar-refractivity contribution is -0.118. The van der Waals surface area contributed by atoms with Crippen molar-refractivity contribution in [3.63, 3.8) is 0 Å². The van der Waals surface area contributed by atoms with Gasteiger partial charge in [0.1, 0.15) is 5.82 Å². The molecule has 0 bridgehead atoms. The van der Waals surface area contributed by atoms with Crippen LogP contribution in [-0.4, -0.2) is 28.2 Å². The Morgan fingerprint density at radius 3 is 2.75 bits per heavy atom. The summed E-state index contributed by atoms with van der Waals surface area (Å²) in [6.45, 7) is 2.68. The molecule has 3 rings (SSSR count). The second kappa shape index (κ2) is 8.02. The molecule has 0 aliphatic rings. The number of carbonyl (C=O) groups excluding carboxylic acids is 1. The molecule has 2 N–H and O–H groups in total. The number of amides is 1. The number of thioether (sulfide) groups is 1. The quantitative estimate of drug-likeness (QED) is 0.693. The maximum absolute atomic E-state index is 11.9. The number of fused-ring (bicyclic) bond motifs is 1. The van der Waals surface area contributed by atoms with Gasteiger partial charge in [0, 0.05) is 18.7 Å². The first kappa shape index (κ1) is 16.6. The van der Waals surface area contributed by atoms with Crippen LogP contribution >= 0.6 is 11.8 Å². The van der Waals surface area contributed by atoms with Crippen molar-refractivity contribution in [1.82, 2.24) is 15.3 Å². The summed E-state index contributed by atoms with van der Waals surface area (Å²) in [6, 6.07) is 16.4. The summed E-state index contributed by atoms with van der Waals surface area (Å²) >= 11 is 1.63. The van der Waals surface area contributed by atoms with Gasteiger partial charge in [-0.2, -0.15) is 0 Å². The van der Waals surface area contributed by atoms with Gasteiger partial charge >= 0.3 is 0 Å². The molecule has 0 unspecified atom stereocenters. The molecule has 0 atom stereocenters. The molecule has 0 spiro atoms. The zero-order chi connectivity index (χ0) is 16.8. The van der Waals surface area contributed by atoms with Crippen LogP contribution in [0.5, 0.6) is 0 Å². The summed E-state index contributed by atoms with van der Waals surface area (Å²) in [7, 11) is 0. The molecule has 24 heavy (non-hydrogen) atoms. The zero-order valence-electron chi connectivity index (χ0n) is 13.7. The van der Waals surface area contributed by atoms with Crippen molar-refractivity contribution in [2.75, 3.05) is 12.3 Å². The van der Waals surface area contributed by atoms with Gasteiger partial charge in [-0.1, -0.05) is 42.0 Å². The molecular weight excluding hydrogens is 318 g/mol. The van der Waals surface area contributed by atoms with Gasteiger partial charge in [0.25, 0.3) is 0 Å². The minimum absolute atomic E-state index is 0.0724. The molecule has 1 heterocycles. The van der Waals surface area contributed by atoms with E-state index in [0.717, 1.165) is 22.6 Å². The van der Waals surface area contributed by atoms with Crippen LogP contribution in [-0.2, 0) is 17.0 Å². The van der Waals surface area contributed by atoms with E-state index >= 15 is 0 Å². The van der Waals surface area contributed by atoms with E-state index in [1.165, 1.54) is 11.1 Å². The third-order valence-electron chi connectivity index (χ3n) is 3.74. The number of aromatic nitrogens is 2. The van der Waals surface area contributed by atoms with Gasteiger partial charge in [-0.25, -0.2) is 4.98 Å². The Morgan fingerprint density at radius 2 is 1.96 bits per heavy atom. The Balaban J connectivity index is 1.37. The van der Waals surface area contributed by atoms with Crippen LogP contribution in [0.1, 0.15) is 17.0 Å². The maximum atomic E-state index is 11.9. The molecule has 0 saturated carbocycles. The number of benzene rings is 2. The van der Waals surface area contributed by atoms with Gasteiger partial charge < -0.3 is 10.3 Å². The number of hydrogen-bond acceptors (Lipinski definition) is 3. The minimum atomic E-state index is 0.0724. The Labute approximate surface area is 146 Å². The number of para-hydroxylation sites is 2. The van der Waals surface area contributed by atoms with Crippen LogP contribution in [0.2, 0.25) is 0 Å². The van der Waals surface area contributed by atoms with Crippen molar-refractivity contribution in [3.05, 3.63) is 65.5 Å². The van der Waals surface area contributed by atoms with Gasteiger partial charge in [0.15, 0.2) is 0 Å². The number of nitrogens with zero attached hydrogens (tertiary/aromatic N) is 1. The van der Waals surface area contributed by atoms with Crippen molar-refractivity contribution in [2.24, 2.45) is 0 Å². The fourth-order valence-electron chi connectivity index (χ4n) is 2.44. The lowest BCUT2D eigenvalue weighted by Crippen LogP contribution is -2.27. The van der Waals surface area contributed by atoms with Crippen molar-refractivity contribution >= 4 is 28.7 Å². The topological polar surface area (TPSA) is 57.8 Å². The number of carbonyl (C=O) groups is 1. The fraction of sp³-hybridized carbons (Fsp3) is 0.263. The number of aryl methyl sites for hydroxylation is 1. The summed E-state index contributed by atoms with van der Waals surface area (Å²) in [4.78, 5) is 19.7. The average molecular weight is 339 g/mol. The largest absolute Gasteiger partial charge is 0.355 e. The number of hydrogen-bond donors (Lipinski definition) is 2. The molecule has 1 aromatic heterocycles. The fourth-order valence-corrected chi connectivity index (χ4v) is 3.26.